The summed E-state index contributed by atoms with van der Waals surface area (Å²) in [6.07, 6.45) is 2.15. The first kappa shape index (κ1) is 11.9. The van der Waals surface area contributed by atoms with Gasteiger partial charge in [0.1, 0.15) is 0 Å². The Hall–Kier alpha value is -1.55. The number of hydrogen-bond donors (Lipinski definition) is 1. The van der Waals surface area contributed by atoms with Gasteiger partial charge in [0.2, 0.25) is 10.0 Å². The van der Waals surface area contributed by atoms with Crippen molar-refractivity contribution in [3.8, 4) is 0 Å². The SMILES string of the molecule is CCc1ccc2cc(NS(C)(=O)=O)ccc2c1. The Bertz CT molecular complexity index is 648. The van der Waals surface area contributed by atoms with Gasteiger partial charge in [-0.05, 0) is 34.9 Å². The third-order valence-electron chi connectivity index (χ3n) is 2.62. The van der Waals surface area contributed by atoms with Gasteiger partial charge in [-0.15, -0.1) is 0 Å². The third kappa shape index (κ3) is 2.97. The summed E-state index contributed by atoms with van der Waals surface area (Å²) >= 11 is 0. The number of aryl methyl sites for hydroxylation is 1. The second-order valence-corrected chi connectivity index (χ2v) is 5.87. The minimum absolute atomic E-state index is 0.601. The molecule has 0 aliphatic carbocycles. The van der Waals surface area contributed by atoms with Gasteiger partial charge < -0.3 is 0 Å². The molecule has 0 spiro atoms. The van der Waals surface area contributed by atoms with E-state index in [0.717, 1.165) is 23.4 Å². The zero-order valence-electron chi connectivity index (χ0n) is 9.90. The summed E-state index contributed by atoms with van der Waals surface area (Å²) in [5.74, 6) is 0. The first-order chi connectivity index (χ1) is 7.98. The number of anilines is 1. The van der Waals surface area contributed by atoms with E-state index in [4.69, 9.17) is 0 Å². The molecule has 0 aromatic heterocycles. The van der Waals surface area contributed by atoms with Gasteiger partial charge in [0, 0.05) is 5.69 Å². The molecule has 0 saturated carbocycles. The number of hydrogen-bond acceptors (Lipinski definition) is 2. The molecule has 0 aliphatic heterocycles. The van der Waals surface area contributed by atoms with E-state index in [1.807, 2.05) is 18.2 Å². The maximum atomic E-state index is 11.1. The van der Waals surface area contributed by atoms with Crippen molar-refractivity contribution in [2.24, 2.45) is 0 Å². The first-order valence-corrected chi connectivity index (χ1v) is 7.37. The number of sulfonamides is 1. The molecule has 0 radical (unpaired) electrons. The Balaban J connectivity index is 2.45. The summed E-state index contributed by atoms with van der Waals surface area (Å²) in [4.78, 5) is 0. The van der Waals surface area contributed by atoms with Crippen LogP contribution in [-0.2, 0) is 16.4 Å². The predicted molar refractivity (Wildman–Crippen MR) is 71.8 cm³/mol. The molecule has 90 valence electrons. The number of nitrogens with one attached hydrogen (secondary N) is 1. The lowest BCUT2D eigenvalue weighted by Crippen LogP contribution is -2.09. The average molecular weight is 249 g/mol. The van der Waals surface area contributed by atoms with Crippen LogP contribution in [0.25, 0.3) is 10.8 Å². The highest BCUT2D eigenvalue weighted by molar-refractivity contribution is 7.92. The number of benzene rings is 2. The molecule has 0 atom stereocenters. The minimum atomic E-state index is -3.21. The molecule has 3 nitrogen and oxygen atoms in total. The Morgan fingerprint density at radius 3 is 2.35 bits per heavy atom. The normalized spacial score (nSPS) is 11.6. The van der Waals surface area contributed by atoms with Crippen molar-refractivity contribution in [2.45, 2.75) is 13.3 Å². The molecule has 0 bridgehead atoms. The van der Waals surface area contributed by atoms with E-state index >= 15 is 0 Å². The standard InChI is InChI=1S/C13H15NO2S/c1-3-10-4-5-12-9-13(14-17(2,15)16)7-6-11(12)8-10/h4-9,14H,3H2,1-2H3. The Morgan fingerprint density at radius 1 is 1.06 bits per heavy atom. The maximum absolute atomic E-state index is 11.1. The molecule has 0 fully saturated rings. The van der Waals surface area contributed by atoms with Gasteiger partial charge in [0.05, 0.1) is 6.26 Å². The Kier molecular flexibility index (Phi) is 3.07. The Morgan fingerprint density at radius 2 is 1.71 bits per heavy atom. The van der Waals surface area contributed by atoms with Gasteiger partial charge in [0.15, 0.2) is 0 Å². The summed E-state index contributed by atoms with van der Waals surface area (Å²) in [5.41, 5.74) is 1.88. The summed E-state index contributed by atoms with van der Waals surface area (Å²) in [5, 5.41) is 2.17. The van der Waals surface area contributed by atoms with Gasteiger partial charge in [-0.25, -0.2) is 8.42 Å². The number of fused-ring (bicyclic) bond motifs is 1. The van der Waals surface area contributed by atoms with Crippen LogP contribution in [0.5, 0.6) is 0 Å². The van der Waals surface area contributed by atoms with Crippen LogP contribution in [0, 0.1) is 0 Å². The van der Waals surface area contributed by atoms with Gasteiger partial charge in [-0.2, -0.15) is 0 Å². The third-order valence-corrected chi connectivity index (χ3v) is 3.22. The fourth-order valence-corrected chi connectivity index (χ4v) is 2.35. The van der Waals surface area contributed by atoms with Gasteiger partial charge in [0.25, 0.3) is 0 Å². The maximum Gasteiger partial charge on any atom is 0.229 e. The van der Waals surface area contributed by atoms with Crippen LogP contribution >= 0.6 is 0 Å². The smallest absolute Gasteiger partial charge is 0.229 e. The molecule has 0 unspecified atom stereocenters. The molecular formula is C13H15NO2S. The lowest BCUT2D eigenvalue weighted by atomic mass is 10.1. The van der Waals surface area contributed by atoms with Crippen LogP contribution in [0.3, 0.4) is 0 Å². The van der Waals surface area contributed by atoms with Crippen molar-refractivity contribution in [1.29, 1.82) is 0 Å². The molecular weight excluding hydrogens is 234 g/mol. The fourth-order valence-electron chi connectivity index (χ4n) is 1.79. The van der Waals surface area contributed by atoms with Crippen molar-refractivity contribution < 1.29 is 8.42 Å². The van der Waals surface area contributed by atoms with Crippen molar-refractivity contribution >= 4 is 26.5 Å². The number of rotatable bonds is 3. The molecule has 2 aromatic rings. The highest BCUT2D eigenvalue weighted by Gasteiger charge is 2.02. The highest BCUT2D eigenvalue weighted by Crippen LogP contribution is 2.21. The van der Waals surface area contributed by atoms with Crippen LogP contribution < -0.4 is 4.72 Å². The fraction of sp³-hybridized carbons (Fsp3) is 0.231. The van der Waals surface area contributed by atoms with Gasteiger partial charge >= 0.3 is 0 Å². The summed E-state index contributed by atoms with van der Waals surface area (Å²) < 4.78 is 24.7. The topological polar surface area (TPSA) is 46.2 Å². The molecule has 4 heteroatoms. The van der Waals surface area contributed by atoms with E-state index in [1.54, 1.807) is 6.07 Å². The molecule has 2 rings (SSSR count). The van der Waals surface area contributed by atoms with Crippen LogP contribution in [-0.4, -0.2) is 14.7 Å². The second kappa shape index (κ2) is 4.37. The summed E-state index contributed by atoms with van der Waals surface area (Å²) in [7, 11) is -3.21. The molecule has 0 amide bonds. The highest BCUT2D eigenvalue weighted by atomic mass is 32.2. The van der Waals surface area contributed by atoms with E-state index in [9.17, 15) is 8.42 Å². The van der Waals surface area contributed by atoms with E-state index in [0.29, 0.717) is 5.69 Å². The van der Waals surface area contributed by atoms with E-state index in [1.165, 1.54) is 5.56 Å². The Labute approximate surface area is 102 Å². The van der Waals surface area contributed by atoms with Crippen molar-refractivity contribution in [3.05, 3.63) is 42.0 Å². The lowest BCUT2D eigenvalue weighted by molar-refractivity contribution is 0.607. The summed E-state index contributed by atoms with van der Waals surface area (Å²) in [6.45, 7) is 2.11. The zero-order valence-corrected chi connectivity index (χ0v) is 10.7. The average Bonchev–Trinajstić information content (AvgIpc) is 2.26. The van der Waals surface area contributed by atoms with Crippen molar-refractivity contribution in [1.82, 2.24) is 0 Å². The molecule has 0 heterocycles. The monoisotopic (exact) mass is 249 g/mol. The van der Waals surface area contributed by atoms with Crippen LogP contribution in [0.4, 0.5) is 5.69 Å². The van der Waals surface area contributed by atoms with Crippen LogP contribution in [0.1, 0.15) is 12.5 Å². The largest absolute Gasteiger partial charge is 0.284 e. The minimum Gasteiger partial charge on any atom is -0.284 e. The first-order valence-electron chi connectivity index (χ1n) is 5.48. The van der Waals surface area contributed by atoms with E-state index in [-0.39, 0.29) is 0 Å². The van der Waals surface area contributed by atoms with E-state index < -0.39 is 10.0 Å². The lowest BCUT2D eigenvalue weighted by Gasteiger charge is -2.06. The second-order valence-electron chi connectivity index (χ2n) is 4.12. The van der Waals surface area contributed by atoms with Gasteiger partial charge in [-0.3, -0.25) is 4.72 Å². The summed E-state index contributed by atoms with van der Waals surface area (Å²) in [6, 6.07) is 11.8. The molecule has 17 heavy (non-hydrogen) atoms. The quantitative estimate of drug-likeness (QED) is 0.909. The molecule has 1 N–H and O–H groups in total. The molecule has 2 aromatic carbocycles. The van der Waals surface area contributed by atoms with Gasteiger partial charge in [-0.1, -0.05) is 31.2 Å². The van der Waals surface area contributed by atoms with E-state index in [2.05, 4.69) is 23.8 Å². The molecule has 0 aliphatic rings. The van der Waals surface area contributed by atoms with Crippen molar-refractivity contribution in [3.63, 3.8) is 0 Å². The molecule has 0 saturated heterocycles. The van der Waals surface area contributed by atoms with Crippen molar-refractivity contribution in [2.75, 3.05) is 11.0 Å². The van der Waals surface area contributed by atoms with Crippen LogP contribution in [0.2, 0.25) is 0 Å². The van der Waals surface area contributed by atoms with Crippen LogP contribution in [0.15, 0.2) is 36.4 Å². The zero-order chi connectivity index (χ0) is 12.5. The predicted octanol–water partition coefficient (Wildman–Crippen LogP) is 2.77.